The molecule has 0 bridgehead atoms. The molecule has 0 aromatic carbocycles. The Balaban J connectivity index is 2.49. The maximum atomic E-state index is 4.92. The molecule has 0 N–H and O–H groups in total. The van der Waals surface area contributed by atoms with Gasteiger partial charge in [-0.25, -0.2) is 4.98 Å². The van der Waals surface area contributed by atoms with Crippen LogP contribution in [0.3, 0.4) is 0 Å². The molecule has 0 radical (unpaired) electrons. The molecule has 0 atom stereocenters. The maximum absolute atomic E-state index is 4.92. The number of aryl methyl sites for hydroxylation is 1. The third kappa shape index (κ3) is 1.57. The summed E-state index contributed by atoms with van der Waals surface area (Å²) in [5, 5.41) is 0. The number of rotatable bonds is 3. The van der Waals surface area contributed by atoms with Crippen LogP contribution in [0, 0.1) is 6.92 Å². The van der Waals surface area contributed by atoms with E-state index < -0.39 is 0 Å². The summed E-state index contributed by atoms with van der Waals surface area (Å²) in [7, 11) is 1.70. The summed E-state index contributed by atoms with van der Waals surface area (Å²) in [5.74, 6) is 0. The van der Waals surface area contributed by atoms with Crippen molar-refractivity contribution in [2.45, 2.75) is 13.5 Å². The first-order valence-corrected chi connectivity index (χ1v) is 3.30. The lowest BCUT2D eigenvalue weighted by molar-refractivity contribution is 0.186. The predicted molar refractivity (Wildman–Crippen MR) is 38.8 cm³/mol. The average Bonchev–Trinajstić information content (AvgIpc) is 2.31. The van der Waals surface area contributed by atoms with E-state index in [4.69, 9.17) is 4.74 Å². The van der Waals surface area contributed by atoms with Crippen LogP contribution in [-0.4, -0.2) is 23.3 Å². The molecule has 0 aliphatic heterocycles. The number of aromatic nitrogens is 2. The zero-order chi connectivity index (χ0) is 7.40. The lowest BCUT2D eigenvalue weighted by Gasteiger charge is -2.01. The van der Waals surface area contributed by atoms with Crippen LogP contribution in [0.15, 0.2) is 12.5 Å². The summed E-state index contributed by atoms with van der Waals surface area (Å²) in [5.41, 5.74) is 1.18. The Bertz CT molecular complexity index is 195. The second-order valence-electron chi connectivity index (χ2n) is 2.22. The molecule has 3 nitrogen and oxygen atoms in total. The van der Waals surface area contributed by atoms with E-state index in [1.807, 2.05) is 19.4 Å². The van der Waals surface area contributed by atoms with Gasteiger partial charge in [0.1, 0.15) is 0 Å². The van der Waals surface area contributed by atoms with Crippen molar-refractivity contribution in [3.8, 4) is 0 Å². The van der Waals surface area contributed by atoms with E-state index in [0.717, 1.165) is 13.2 Å². The highest BCUT2D eigenvalue weighted by Gasteiger charge is 1.93. The molecule has 1 aromatic heterocycles. The van der Waals surface area contributed by atoms with Crippen LogP contribution >= 0.6 is 0 Å². The lowest BCUT2D eigenvalue weighted by atomic mass is 10.5. The Morgan fingerprint density at radius 2 is 2.50 bits per heavy atom. The van der Waals surface area contributed by atoms with Crippen LogP contribution in [0.25, 0.3) is 0 Å². The number of ether oxygens (including phenoxy) is 1. The molecule has 0 saturated heterocycles. The second kappa shape index (κ2) is 3.37. The topological polar surface area (TPSA) is 27.1 Å². The van der Waals surface area contributed by atoms with Crippen molar-refractivity contribution in [3.05, 3.63) is 18.2 Å². The Morgan fingerprint density at radius 1 is 1.70 bits per heavy atom. The van der Waals surface area contributed by atoms with E-state index in [-0.39, 0.29) is 0 Å². The van der Waals surface area contributed by atoms with Crippen LogP contribution < -0.4 is 0 Å². The Morgan fingerprint density at radius 3 is 3.00 bits per heavy atom. The second-order valence-corrected chi connectivity index (χ2v) is 2.22. The Labute approximate surface area is 60.6 Å². The van der Waals surface area contributed by atoms with E-state index in [0.29, 0.717) is 0 Å². The molecule has 3 heteroatoms. The summed E-state index contributed by atoms with van der Waals surface area (Å²) in [6, 6.07) is 0. The zero-order valence-corrected chi connectivity index (χ0v) is 6.37. The quantitative estimate of drug-likeness (QED) is 0.622. The lowest BCUT2D eigenvalue weighted by Crippen LogP contribution is -2.03. The summed E-state index contributed by atoms with van der Waals surface area (Å²) in [6.07, 6.45) is 3.66. The van der Waals surface area contributed by atoms with Crippen LogP contribution in [-0.2, 0) is 11.3 Å². The predicted octanol–water partition coefficient (Wildman–Crippen LogP) is 0.838. The minimum atomic E-state index is 0.747. The van der Waals surface area contributed by atoms with E-state index in [1.54, 1.807) is 7.11 Å². The minimum absolute atomic E-state index is 0.747. The molecule has 56 valence electrons. The molecular weight excluding hydrogens is 128 g/mol. The Kier molecular flexibility index (Phi) is 2.45. The molecule has 0 fully saturated rings. The van der Waals surface area contributed by atoms with E-state index in [2.05, 4.69) is 9.55 Å². The van der Waals surface area contributed by atoms with Crippen LogP contribution in [0.5, 0.6) is 0 Å². The molecule has 0 aliphatic carbocycles. The van der Waals surface area contributed by atoms with Crippen molar-refractivity contribution < 1.29 is 4.74 Å². The van der Waals surface area contributed by atoms with Gasteiger partial charge in [-0.2, -0.15) is 0 Å². The molecule has 10 heavy (non-hydrogen) atoms. The first kappa shape index (κ1) is 7.28. The summed E-state index contributed by atoms with van der Waals surface area (Å²) < 4.78 is 6.98. The number of hydrogen-bond donors (Lipinski definition) is 0. The number of nitrogens with zero attached hydrogens (tertiary/aromatic N) is 2. The zero-order valence-electron chi connectivity index (χ0n) is 6.37. The minimum Gasteiger partial charge on any atom is -0.383 e. The maximum Gasteiger partial charge on any atom is 0.0948 e. The van der Waals surface area contributed by atoms with Gasteiger partial charge in [0.25, 0.3) is 0 Å². The van der Waals surface area contributed by atoms with Gasteiger partial charge in [0.2, 0.25) is 0 Å². The smallest absolute Gasteiger partial charge is 0.0948 e. The van der Waals surface area contributed by atoms with Crippen molar-refractivity contribution in [1.82, 2.24) is 9.55 Å². The molecule has 0 aliphatic rings. The number of hydrogen-bond acceptors (Lipinski definition) is 2. The summed E-state index contributed by atoms with van der Waals surface area (Å²) >= 11 is 0. The van der Waals surface area contributed by atoms with Gasteiger partial charge in [-0.1, -0.05) is 0 Å². The number of imidazole rings is 1. The van der Waals surface area contributed by atoms with Crippen LogP contribution in [0.4, 0.5) is 0 Å². The average molecular weight is 140 g/mol. The van der Waals surface area contributed by atoms with Gasteiger partial charge >= 0.3 is 0 Å². The van der Waals surface area contributed by atoms with E-state index >= 15 is 0 Å². The third-order valence-electron chi connectivity index (χ3n) is 1.46. The highest BCUT2D eigenvalue weighted by Crippen LogP contribution is 1.94. The highest BCUT2D eigenvalue weighted by atomic mass is 16.5. The summed E-state index contributed by atoms with van der Waals surface area (Å²) in [4.78, 5) is 3.98. The molecule has 0 amide bonds. The first-order valence-electron chi connectivity index (χ1n) is 3.30. The monoisotopic (exact) mass is 140 g/mol. The van der Waals surface area contributed by atoms with E-state index in [1.165, 1.54) is 5.69 Å². The van der Waals surface area contributed by atoms with Crippen LogP contribution in [0.2, 0.25) is 0 Å². The standard InChI is InChI=1S/C7H12N2O/c1-7-5-8-6-9(7)3-4-10-2/h5-6H,3-4H2,1-2H3. The SMILES string of the molecule is COCCn1cncc1C. The van der Waals surface area contributed by atoms with Gasteiger partial charge in [-0.05, 0) is 6.92 Å². The normalized spacial score (nSPS) is 10.2. The van der Waals surface area contributed by atoms with E-state index in [9.17, 15) is 0 Å². The molecule has 1 rings (SSSR count). The molecule has 1 heterocycles. The summed E-state index contributed by atoms with van der Waals surface area (Å²) in [6.45, 7) is 3.67. The molecule has 1 aromatic rings. The van der Waals surface area contributed by atoms with Gasteiger partial charge in [-0.15, -0.1) is 0 Å². The highest BCUT2D eigenvalue weighted by molar-refractivity contribution is 4.93. The van der Waals surface area contributed by atoms with Gasteiger partial charge < -0.3 is 9.30 Å². The largest absolute Gasteiger partial charge is 0.383 e. The third-order valence-corrected chi connectivity index (χ3v) is 1.46. The van der Waals surface area contributed by atoms with Gasteiger partial charge in [0.05, 0.1) is 12.9 Å². The van der Waals surface area contributed by atoms with Crippen molar-refractivity contribution >= 4 is 0 Å². The molecule has 0 saturated carbocycles. The van der Waals surface area contributed by atoms with Crippen molar-refractivity contribution in [1.29, 1.82) is 0 Å². The molecular formula is C7H12N2O. The van der Waals surface area contributed by atoms with Gasteiger partial charge in [0.15, 0.2) is 0 Å². The van der Waals surface area contributed by atoms with Crippen molar-refractivity contribution in [3.63, 3.8) is 0 Å². The fraction of sp³-hybridized carbons (Fsp3) is 0.571. The van der Waals surface area contributed by atoms with Gasteiger partial charge in [-0.3, -0.25) is 0 Å². The van der Waals surface area contributed by atoms with Gasteiger partial charge in [0, 0.05) is 25.5 Å². The fourth-order valence-electron chi connectivity index (χ4n) is 0.811. The van der Waals surface area contributed by atoms with Crippen LogP contribution in [0.1, 0.15) is 5.69 Å². The first-order chi connectivity index (χ1) is 4.84. The Hall–Kier alpha value is -0.830. The van der Waals surface area contributed by atoms with Crippen molar-refractivity contribution in [2.75, 3.05) is 13.7 Å². The fourth-order valence-corrected chi connectivity index (χ4v) is 0.811. The number of methoxy groups -OCH3 is 1. The van der Waals surface area contributed by atoms with Crippen molar-refractivity contribution in [2.24, 2.45) is 0 Å². The molecule has 0 spiro atoms. The molecule has 0 unspecified atom stereocenters.